The van der Waals surface area contributed by atoms with E-state index in [2.05, 4.69) is 19.9 Å². The zero-order valence-corrected chi connectivity index (χ0v) is 21.8. The second-order valence-electron chi connectivity index (χ2n) is 9.53. The highest BCUT2D eigenvalue weighted by molar-refractivity contribution is 5.87. The number of nitrogens with zero attached hydrogens (tertiary/aromatic N) is 2. The van der Waals surface area contributed by atoms with Crippen molar-refractivity contribution in [2.24, 2.45) is 0 Å². The number of fused-ring (bicyclic) bond motifs is 1. The van der Waals surface area contributed by atoms with Crippen LogP contribution in [0.15, 0.2) is 65.5 Å². The van der Waals surface area contributed by atoms with Gasteiger partial charge in [0.05, 0.1) is 23.0 Å². The van der Waals surface area contributed by atoms with Gasteiger partial charge in [0.25, 0.3) is 5.56 Å². The van der Waals surface area contributed by atoms with E-state index in [9.17, 15) is 9.59 Å². The summed E-state index contributed by atoms with van der Waals surface area (Å²) in [6.07, 6.45) is 4.59. The predicted molar refractivity (Wildman–Crippen MR) is 147 cm³/mol. The van der Waals surface area contributed by atoms with Gasteiger partial charge in [0.1, 0.15) is 18.2 Å². The van der Waals surface area contributed by atoms with Crippen molar-refractivity contribution in [3.63, 3.8) is 0 Å². The molecule has 0 aliphatic heterocycles. The highest BCUT2D eigenvalue weighted by Crippen LogP contribution is 2.24. The Kier molecular flexibility index (Phi) is 8.39. The number of carbonyl (C=O) groups is 1. The Labute approximate surface area is 217 Å². The summed E-state index contributed by atoms with van der Waals surface area (Å²) in [4.78, 5) is 29.5. The van der Waals surface area contributed by atoms with Gasteiger partial charge in [-0.1, -0.05) is 62.6 Å². The summed E-state index contributed by atoms with van der Waals surface area (Å²) in [6.45, 7) is 7.07. The molecule has 1 aromatic heterocycles. The second kappa shape index (κ2) is 11.9. The first kappa shape index (κ1) is 26.1. The molecule has 3 aromatic carbocycles. The summed E-state index contributed by atoms with van der Waals surface area (Å²) >= 11 is 0. The van der Waals surface area contributed by atoms with Gasteiger partial charge in [0, 0.05) is 6.42 Å². The van der Waals surface area contributed by atoms with E-state index >= 15 is 0 Å². The van der Waals surface area contributed by atoms with Gasteiger partial charge < -0.3 is 9.84 Å². The van der Waals surface area contributed by atoms with E-state index in [0.29, 0.717) is 18.5 Å². The Morgan fingerprint density at radius 3 is 2.41 bits per heavy atom. The van der Waals surface area contributed by atoms with E-state index < -0.39 is 5.97 Å². The van der Waals surface area contributed by atoms with Crippen LogP contribution >= 0.6 is 0 Å². The molecule has 0 spiro atoms. The molecule has 0 unspecified atom stereocenters. The van der Waals surface area contributed by atoms with Crippen molar-refractivity contribution in [3.8, 4) is 5.75 Å². The molecule has 37 heavy (non-hydrogen) atoms. The second-order valence-corrected chi connectivity index (χ2v) is 9.53. The van der Waals surface area contributed by atoms with Crippen molar-refractivity contribution in [2.75, 3.05) is 0 Å². The van der Waals surface area contributed by atoms with E-state index in [1.165, 1.54) is 0 Å². The Balaban J connectivity index is 1.62. The van der Waals surface area contributed by atoms with Crippen molar-refractivity contribution in [1.82, 2.24) is 9.55 Å². The topological polar surface area (TPSA) is 81.4 Å². The number of aromatic nitrogens is 2. The molecule has 1 N–H and O–H groups in total. The maximum atomic E-state index is 13.5. The van der Waals surface area contributed by atoms with Gasteiger partial charge >= 0.3 is 5.97 Å². The van der Waals surface area contributed by atoms with Crippen LogP contribution in [0, 0.1) is 6.92 Å². The molecule has 0 aliphatic carbocycles. The third kappa shape index (κ3) is 6.26. The van der Waals surface area contributed by atoms with E-state index in [4.69, 9.17) is 14.8 Å². The number of ether oxygens (including phenoxy) is 1. The molecular formula is C31H34N2O4. The average Bonchev–Trinajstić information content (AvgIpc) is 2.89. The fourth-order valence-corrected chi connectivity index (χ4v) is 4.49. The number of carboxylic acid groups (broad SMARTS) is 1. The molecule has 0 saturated heterocycles. The zero-order chi connectivity index (χ0) is 26.4. The first-order valence-electron chi connectivity index (χ1n) is 13.0. The summed E-state index contributed by atoms with van der Waals surface area (Å²) in [6, 6.07) is 18.7. The van der Waals surface area contributed by atoms with E-state index in [1.54, 1.807) is 24.3 Å². The minimum absolute atomic E-state index is 0.00183. The van der Waals surface area contributed by atoms with Crippen LogP contribution in [0.25, 0.3) is 10.9 Å². The van der Waals surface area contributed by atoms with Crippen molar-refractivity contribution in [1.29, 1.82) is 0 Å². The molecule has 0 atom stereocenters. The number of unbranched alkanes of at least 4 members (excludes halogenated alkanes) is 1. The Bertz CT molecular complexity index is 1460. The van der Waals surface area contributed by atoms with E-state index in [-0.39, 0.29) is 11.1 Å². The first-order chi connectivity index (χ1) is 17.9. The fraction of sp³-hybridized carbons (Fsp3) is 0.323. The van der Waals surface area contributed by atoms with Crippen LogP contribution in [0.3, 0.4) is 0 Å². The van der Waals surface area contributed by atoms with Gasteiger partial charge in [-0.2, -0.15) is 0 Å². The number of rotatable bonds is 11. The van der Waals surface area contributed by atoms with Crippen LogP contribution in [-0.4, -0.2) is 20.6 Å². The Morgan fingerprint density at radius 2 is 1.70 bits per heavy atom. The standard InChI is InChI=1S/C31H34N2O4/c1-4-6-8-29-32-27-15-9-21(3)17-26(27)30(34)33(29)19-23-12-16-28(25(18-23)7-5-2)37-20-22-10-13-24(14-11-22)31(35)36/h9-18H,4-8,19-20H2,1-3H3,(H,35,36). The van der Waals surface area contributed by atoms with Crippen LogP contribution in [0.2, 0.25) is 0 Å². The van der Waals surface area contributed by atoms with Gasteiger partial charge in [0.15, 0.2) is 0 Å². The van der Waals surface area contributed by atoms with Crippen molar-refractivity contribution in [2.45, 2.75) is 66.0 Å². The number of hydrogen-bond acceptors (Lipinski definition) is 4. The Hall–Kier alpha value is -3.93. The summed E-state index contributed by atoms with van der Waals surface area (Å²) in [7, 11) is 0. The molecule has 0 saturated carbocycles. The van der Waals surface area contributed by atoms with Crippen molar-refractivity contribution in [3.05, 3.63) is 105 Å². The van der Waals surface area contributed by atoms with Crippen LogP contribution in [0.4, 0.5) is 0 Å². The largest absolute Gasteiger partial charge is 0.489 e. The summed E-state index contributed by atoms with van der Waals surface area (Å²) < 4.78 is 7.95. The van der Waals surface area contributed by atoms with E-state index in [0.717, 1.165) is 71.4 Å². The van der Waals surface area contributed by atoms with Crippen LogP contribution in [-0.2, 0) is 26.0 Å². The minimum Gasteiger partial charge on any atom is -0.489 e. The van der Waals surface area contributed by atoms with Crippen molar-refractivity contribution < 1.29 is 14.6 Å². The number of hydrogen-bond donors (Lipinski definition) is 1. The molecule has 192 valence electrons. The maximum Gasteiger partial charge on any atom is 0.335 e. The molecule has 0 radical (unpaired) electrons. The molecule has 0 aliphatic rings. The SMILES string of the molecule is CCCCc1nc2ccc(C)cc2c(=O)n1Cc1ccc(OCc2ccc(C(=O)O)cc2)c(CCC)c1. The lowest BCUT2D eigenvalue weighted by Gasteiger charge is -2.16. The predicted octanol–water partition coefficient (Wildman–Crippen LogP) is 6.33. The molecule has 0 amide bonds. The number of aromatic carboxylic acids is 1. The molecule has 6 nitrogen and oxygen atoms in total. The monoisotopic (exact) mass is 498 g/mol. The number of benzene rings is 3. The molecule has 0 bridgehead atoms. The number of carboxylic acids is 1. The fourth-order valence-electron chi connectivity index (χ4n) is 4.49. The Morgan fingerprint density at radius 1 is 0.946 bits per heavy atom. The lowest BCUT2D eigenvalue weighted by Crippen LogP contribution is -2.26. The molecule has 0 fully saturated rings. The summed E-state index contributed by atoms with van der Waals surface area (Å²) in [5, 5.41) is 9.75. The average molecular weight is 499 g/mol. The first-order valence-corrected chi connectivity index (χ1v) is 13.0. The summed E-state index contributed by atoms with van der Waals surface area (Å²) in [5.41, 5.74) is 5.09. The van der Waals surface area contributed by atoms with E-state index in [1.807, 2.05) is 41.8 Å². The minimum atomic E-state index is -0.943. The van der Waals surface area contributed by atoms with Gasteiger partial charge in [-0.15, -0.1) is 0 Å². The smallest absolute Gasteiger partial charge is 0.335 e. The summed E-state index contributed by atoms with van der Waals surface area (Å²) in [5.74, 6) is 0.686. The van der Waals surface area contributed by atoms with Crippen LogP contribution < -0.4 is 10.3 Å². The third-order valence-corrected chi connectivity index (χ3v) is 6.52. The molecule has 6 heteroatoms. The van der Waals surface area contributed by atoms with Crippen LogP contribution in [0.5, 0.6) is 5.75 Å². The molecule has 4 aromatic rings. The van der Waals surface area contributed by atoms with Gasteiger partial charge in [-0.25, -0.2) is 9.78 Å². The normalized spacial score (nSPS) is 11.1. The lowest BCUT2D eigenvalue weighted by molar-refractivity contribution is 0.0697. The molecular weight excluding hydrogens is 464 g/mol. The maximum absolute atomic E-state index is 13.5. The highest BCUT2D eigenvalue weighted by atomic mass is 16.5. The number of aryl methyl sites for hydroxylation is 3. The van der Waals surface area contributed by atoms with Gasteiger partial charge in [0.2, 0.25) is 0 Å². The zero-order valence-electron chi connectivity index (χ0n) is 21.8. The van der Waals surface area contributed by atoms with Gasteiger partial charge in [-0.05, 0) is 66.8 Å². The highest BCUT2D eigenvalue weighted by Gasteiger charge is 2.13. The van der Waals surface area contributed by atoms with Crippen LogP contribution in [0.1, 0.15) is 71.5 Å². The third-order valence-electron chi connectivity index (χ3n) is 6.52. The van der Waals surface area contributed by atoms with Crippen molar-refractivity contribution >= 4 is 16.9 Å². The lowest BCUT2D eigenvalue weighted by atomic mass is 10.0. The quantitative estimate of drug-likeness (QED) is 0.261. The van der Waals surface area contributed by atoms with Gasteiger partial charge in [-0.3, -0.25) is 9.36 Å². The molecule has 4 rings (SSSR count). The molecule has 1 heterocycles.